The smallest absolute Gasteiger partial charge is 0.364 e. The number of carbonyl (C=O) groups excluding carboxylic acids is 1. The summed E-state index contributed by atoms with van der Waals surface area (Å²) in [6.45, 7) is 0. The van der Waals surface area contributed by atoms with Crippen LogP contribution in [0.3, 0.4) is 0 Å². The molecule has 2 N–H and O–H groups in total. The lowest BCUT2D eigenvalue weighted by molar-refractivity contribution is -0.140. The van der Waals surface area contributed by atoms with E-state index in [1.165, 1.54) is 19.2 Å². The summed E-state index contributed by atoms with van der Waals surface area (Å²) in [5.41, 5.74) is 5.57. The number of primary amides is 1. The van der Waals surface area contributed by atoms with E-state index < -0.39 is 17.8 Å². The molecule has 0 saturated heterocycles. The molecule has 0 saturated carbocycles. The van der Waals surface area contributed by atoms with Crippen LogP contribution in [0.25, 0.3) is 22.3 Å². The van der Waals surface area contributed by atoms with E-state index >= 15 is 0 Å². The number of halogens is 3. The Morgan fingerprint density at radius 3 is 2.00 bits per heavy atom. The van der Waals surface area contributed by atoms with E-state index in [0.29, 0.717) is 0 Å². The highest BCUT2D eigenvalue weighted by Gasteiger charge is 2.40. The number of amides is 1. The Labute approximate surface area is 141 Å². The predicted molar refractivity (Wildman–Crippen MR) is 87.6 cm³/mol. The maximum Gasteiger partial charge on any atom is 0.435 e. The van der Waals surface area contributed by atoms with Gasteiger partial charge in [-0.05, 0) is 16.7 Å². The molecular weight excluding hydrogens is 331 g/mol. The van der Waals surface area contributed by atoms with E-state index in [1.807, 2.05) is 30.3 Å². The lowest BCUT2D eigenvalue weighted by atomic mass is 9.98. The molecule has 3 rings (SSSR count). The van der Waals surface area contributed by atoms with Crippen LogP contribution in [0.4, 0.5) is 13.2 Å². The highest BCUT2D eigenvalue weighted by atomic mass is 19.4. The van der Waals surface area contributed by atoms with E-state index in [0.717, 1.165) is 15.8 Å². The van der Waals surface area contributed by atoms with Crippen LogP contribution in [0.1, 0.15) is 16.2 Å². The number of hydrogen-bond acceptors (Lipinski definition) is 2. The van der Waals surface area contributed by atoms with Gasteiger partial charge in [0.25, 0.3) is 5.91 Å². The number of nitrogens with zero attached hydrogens (tertiary/aromatic N) is 2. The first-order valence-corrected chi connectivity index (χ1v) is 7.39. The van der Waals surface area contributed by atoms with Crippen molar-refractivity contribution in [3.63, 3.8) is 0 Å². The van der Waals surface area contributed by atoms with Gasteiger partial charge in [0.05, 0.1) is 0 Å². The van der Waals surface area contributed by atoms with E-state index in [1.54, 1.807) is 12.1 Å². The van der Waals surface area contributed by atoms with Crippen molar-refractivity contribution in [1.82, 2.24) is 9.78 Å². The van der Waals surface area contributed by atoms with Gasteiger partial charge in [-0.1, -0.05) is 54.6 Å². The molecule has 0 radical (unpaired) electrons. The van der Waals surface area contributed by atoms with Crippen LogP contribution in [0.15, 0.2) is 54.6 Å². The van der Waals surface area contributed by atoms with Gasteiger partial charge in [0.15, 0.2) is 5.69 Å². The zero-order valence-corrected chi connectivity index (χ0v) is 13.2. The van der Waals surface area contributed by atoms with Crippen molar-refractivity contribution < 1.29 is 18.0 Å². The van der Waals surface area contributed by atoms with Gasteiger partial charge in [0.2, 0.25) is 0 Å². The number of benzene rings is 2. The van der Waals surface area contributed by atoms with Crippen LogP contribution in [0.5, 0.6) is 0 Å². The lowest BCUT2D eigenvalue weighted by Gasteiger charge is -2.09. The van der Waals surface area contributed by atoms with Crippen molar-refractivity contribution >= 4 is 5.91 Å². The summed E-state index contributed by atoms with van der Waals surface area (Å²) in [5.74, 6) is -0.965. The Bertz CT molecular complexity index is 913. The fourth-order valence-corrected chi connectivity index (χ4v) is 2.74. The monoisotopic (exact) mass is 345 g/mol. The summed E-state index contributed by atoms with van der Waals surface area (Å²) in [6, 6.07) is 15.9. The molecule has 0 fully saturated rings. The molecule has 1 aromatic heterocycles. The molecule has 0 aliphatic carbocycles. The normalized spacial score (nSPS) is 11.5. The molecule has 1 amide bonds. The van der Waals surface area contributed by atoms with Crippen molar-refractivity contribution in [3.8, 4) is 22.3 Å². The first kappa shape index (κ1) is 16.8. The maximum atomic E-state index is 13.3. The Kier molecular flexibility index (Phi) is 4.08. The minimum Gasteiger partial charge on any atom is -0.364 e. The summed E-state index contributed by atoms with van der Waals surface area (Å²) < 4.78 is 40.8. The highest BCUT2D eigenvalue weighted by Crippen LogP contribution is 2.38. The van der Waals surface area contributed by atoms with Crippen molar-refractivity contribution in [2.75, 3.05) is 0 Å². The van der Waals surface area contributed by atoms with E-state index in [9.17, 15) is 18.0 Å². The molecule has 0 aliphatic heterocycles. The number of aromatic nitrogens is 2. The molecule has 1 heterocycles. The van der Waals surface area contributed by atoms with Crippen molar-refractivity contribution in [2.24, 2.45) is 12.8 Å². The SMILES string of the molecule is Cn1nc(C(F)(F)F)c(-c2ccc(-c3ccccc3)cc2)c1C(N)=O. The minimum absolute atomic E-state index is 0.230. The van der Waals surface area contributed by atoms with Gasteiger partial charge in [-0.25, -0.2) is 0 Å². The largest absolute Gasteiger partial charge is 0.435 e. The Hall–Kier alpha value is -3.09. The molecule has 25 heavy (non-hydrogen) atoms. The average Bonchev–Trinajstić information content (AvgIpc) is 2.94. The lowest BCUT2D eigenvalue weighted by Crippen LogP contribution is -2.16. The molecule has 7 heteroatoms. The standard InChI is InChI=1S/C18H14F3N3O/c1-24-15(17(22)25)14(16(23-24)18(19,20)21)13-9-7-12(8-10-13)11-5-3-2-4-6-11/h2-10H,1H3,(H2,22,25). The minimum atomic E-state index is -4.70. The molecule has 0 atom stereocenters. The number of hydrogen-bond donors (Lipinski definition) is 1. The first-order valence-electron chi connectivity index (χ1n) is 7.39. The molecule has 2 aromatic carbocycles. The third-order valence-electron chi connectivity index (χ3n) is 3.83. The second kappa shape index (κ2) is 6.08. The molecule has 4 nitrogen and oxygen atoms in total. The van der Waals surface area contributed by atoms with E-state index in [4.69, 9.17) is 5.73 Å². The van der Waals surface area contributed by atoms with Crippen molar-refractivity contribution in [3.05, 3.63) is 66.0 Å². The summed E-state index contributed by atoms with van der Waals surface area (Å²) in [7, 11) is 1.26. The topological polar surface area (TPSA) is 60.9 Å². The Morgan fingerprint density at radius 1 is 0.960 bits per heavy atom. The number of alkyl halides is 3. The van der Waals surface area contributed by atoms with Crippen LogP contribution >= 0.6 is 0 Å². The molecule has 0 aliphatic rings. The first-order chi connectivity index (χ1) is 11.8. The summed E-state index contributed by atoms with van der Waals surface area (Å²) in [4.78, 5) is 11.6. The third kappa shape index (κ3) is 3.13. The molecule has 0 unspecified atom stereocenters. The molecule has 0 spiro atoms. The zero-order chi connectivity index (χ0) is 18.2. The van der Waals surface area contributed by atoms with E-state index in [-0.39, 0.29) is 16.8 Å². The van der Waals surface area contributed by atoms with Crippen LogP contribution in [-0.2, 0) is 13.2 Å². The van der Waals surface area contributed by atoms with E-state index in [2.05, 4.69) is 5.10 Å². The van der Waals surface area contributed by atoms with Gasteiger partial charge in [0, 0.05) is 12.6 Å². The number of nitrogens with two attached hydrogens (primary N) is 1. The zero-order valence-electron chi connectivity index (χ0n) is 13.2. The summed E-state index contributed by atoms with van der Waals surface area (Å²) in [5, 5.41) is 3.45. The Morgan fingerprint density at radius 2 is 1.48 bits per heavy atom. The second-order valence-corrected chi connectivity index (χ2v) is 5.50. The fourth-order valence-electron chi connectivity index (χ4n) is 2.74. The third-order valence-corrected chi connectivity index (χ3v) is 3.83. The quantitative estimate of drug-likeness (QED) is 0.783. The fraction of sp³-hybridized carbons (Fsp3) is 0.111. The van der Waals surface area contributed by atoms with Crippen LogP contribution < -0.4 is 5.73 Å². The number of rotatable bonds is 3. The van der Waals surface area contributed by atoms with Gasteiger partial charge in [-0.15, -0.1) is 0 Å². The number of carbonyl (C=O) groups is 1. The average molecular weight is 345 g/mol. The van der Waals surface area contributed by atoms with Gasteiger partial charge in [-0.3, -0.25) is 9.48 Å². The molecular formula is C18H14F3N3O. The summed E-state index contributed by atoms with van der Waals surface area (Å²) in [6.07, 6.45) is -4.70. The number of aryl methyl sites for hydroxylation is 1. The summed E-state index contributed by atoms with van der Waals surface area (Å²) >= 11 is 0. The molecule has 0 bridgehead atoms. The van der Waals surface area contributed by atoms with Crippen molar-refractivity contribution in [1.29, 1.82) is 0 Å². The van der Waals surface area contributed by atoms with Gasteiger partial charge < -0.3 is 5.73 Å². The van der Waals surface area contributed by atoms with Crippen molar-refractivity contribution in [2.45, 2.75) is 6.18 Å². The van der Waals surface area contributed by atoms with Crippen LogP contribution in [-0.4, -0.2) is 15.7 Å². The highest BCUT2D eigenvalue weighted by molar-refractivity contribution is 5.99. The van der Waals surface area contributed by atoms with Crippen LogP contribution in [0, 0.1) is 0 Å². The van der Waals surface area contributed by atoms with Gasteiger partial charge >= 0.3 is 6.18 Å². The molecule has 128 valence electrons. The van der Waals surface area contributed by atoms with Crippen LogP contribution in [0.2, 0.25) is 0 Å². The predicted octanol–water partition coefficient (Wildman–Crippen LogP) is 3.87. The van der Waals surface area contributed by atoms with Gasteiger partial charge in [-0.2, -0.15) is 18.3 Å². The Balaban J connectivity index is 2.14. The second-order valence-electron chi connectivity index (χ2n) is 5.50. The maximum absolute atomic E-state index is 13.3. The molecule has 3 aromatic rings. The van der Waals surface area contributed by atoms with Gasteiger partial charge in [0.1, 0.15) is 5.69 Å².